The number of primary amides is 1. The molecule has 0 aliphatic heterocycles. The van der Waals surface area contributed by atoms with Crippen molar-refractivity contribution in [3.63, 3.8) is 0 Å². The normalized spacial score (nSPS) is 12.3. The van der Waals surface area contributed by atoms with E-state index in [0.29, 0.717) is 19.0 Å². The van der Waals surface area contributed by atoms with Crippen molar-refractivity contribution in [3.05, 3.63) is 0 Å². The first kappa shape index (κ1) is 22.5. The van der Waals surface area contributed by atoms with E-state index in [1.54, 1.807) is 4.90 Å². The topological polar surface area (TPSA) is 78.7 Å². The third-order valence-corrected chi connectivity index (χ3v) is 4.50. The second-order valence-electron chi connectivity index (χ2n) is 7.05. The van der Waals surface area contributed by atoms with Crippen LogP contribution in [0.2, 0.25) is 0 Å². The van der Waals surface area contributed by atoms with E-state index in [1.807, 2.05) is 25.7 Å². The molecule has 0 aromatic carbocycles. The molecule has 0 fully saturated rings. The number of amides is 4. The number of nitrogens with zero attached hydrogens (tertiary/aromatic N) is 2. The largest absolute Gasteiger partial charge is 0.351 e. The molecule has 142 valence electrons. The lowest BCUT2D eigenvalue weighted by Gasteiger charge is -2.32. The van der Waals surface area contributed by atoms with Gasteiger partial charge in [-0.05, 0) is 46.5 Å². The standard InChI is InChI=1S/C18H38N4O2/c1-7-20-18(24)22(16(6)14(2)3)13-11-9-8-10-12-21(15(4)5)17(19)23/h14-16H,7-13H2,1-6H3,(H2,19,23)(H,20,24)/t16-/m0/s1. The number of unbranched alkanes of at least 4 members (excludes halogenated alkanes) is 3. The first-order valence-corrected chi connectivity index (χ1v) is 9.32. The maximum absolute atomic E-state index is 12.2. The molecular formula is C18H38N4O2. The number of rotatable bonds is 11. The van der Waals surface area contributed by atoms with Crippen molar-refractivity contribution in [3.8, 4) is 0 Å². The molecule has 0 bridgehead atoms. The molecule has 0 unspecified atom stereocenters. The third-order valence-electron chi connectivity index (χ3n) is 4.50. The Morgan fingerprint density at radius 1 is 0.917 bits per heavy atom. The van der Waals surface area contributed by atoms with Crippen molar-refractivity contribution in [2.24, 2.45) is 11.7 Å². The molecule has 6 heteroatoms. The van der Waals surface area contributed by atoms with Gasteiger partial charge < -0.3 is 20.9 Å². The van der Waals surface area contributed by atoms with Gasteiger partial charge in [0, 0.05) is 31.7 Å². The minimum atomic E-state index is -0.349. The third kappa shape index (κ3) is 8.41. The fraction of sp³-hybridized carbons (Fsp3) is 0.889. The fourth-order valence-corrected chi connectivity index (χ4v) is 2.64. The minimum absolute atomic E-state index is 0.0263. The highest BCUT2D eigenvalue weighted by Gasteiger charge is 2.21. The number of nitrogens with one attached hydrogen (secondary N) is 1. The number of carbonyl (C=O) groups excluding carboxylic acids is 2. The van der Waals surface area contributed by atoms with Crippen molar-refractivity contribution in [2.45, 2.75) is 79.3 Å². The summed E-state index contributed by atoms with van der Waals surface area (Å²) in [6, 6.07) is 0.0436. The molecule has 6 nitrogen and oxygen atoms in total. The average Bonchev–Trinajstić information content (AvgIpc) is 2.48. The monoisotopic (exact) mass is 342 g/mol. The van der Waals surface area contributed by atoms with Crippen molar-refractivity contribution < 1.29 is 9.59 Å². The summed E-state index contributed by atoms with van der Waals surface area (Å²) in [6.07, 6.45) is 4.01. The van der Waals surface area contributed by atoms with Gasteiger partial charge in [0.2, 0.25) is 0 Å². The number of nitrogens with two attached hydrogens (primary N) is 1. The van der Waals surface area contributed by atoms with Crippen molar-refractivity contribution in [1.82, 2.24) is 15.1 Å². The molecule has 0 rings (SSSR count). The van der Waals surface area contributed by atoms with Crippen molar-refractivity contribution >= 4 is 12.1 Å². The number of urea groups is 2. The average molecular weight is 343 g/mol. The van der Waals surface area contributed by atoms with E-state index in [2.05, 4.69) is 26.1 Å². The fourth-order valence-electron chi connectivity index (χ4n) is 2.64. The Bertz CT molecular complexity index is 372. The van der Waals surface area contributed by atoms with Crippen LogP contribution in [0, 0.1) is 5.92 Å². The Morgan fingerprint density at radius 2 is 1.42 bits per heavy atom. The molecule has 0 aliphatic rings. The Morgan fingerprint density at radius 3 is 1.79 bits per heavy atom. The highest BCUT2D eigenvalue weighted by Crippen LogP contribution is 2.13. The predicted molar refractivity (Wildman–Crippen MR) is 100.0 cm³/mol. The second-order valence-corrected chi connectivity index (χ2v) is 7.05. The molecule has 0 heterocycles. The Kier molecular flexibility index (Phi) is 11.3. The van der Waals surface area contributed by atoms with Gasteiger partial charge in [0.15, 0.2) is 0 Å². The molecule has 0 radical (unpaired) electrons. The molecule has 1 atom stereocenters. The maximum atomic E-state index is 12.2. The number of hydrogen-bond donors (Lipinski definition) is 2. The maximum Gasteiger partial charge on any atom is 0.317 e. The predicted octanol–water partition coefficient (Wildman–Crippen LogP) is 3.41. The van der Waals surface area contributed by atoms with Gasteiger partial charge in [-0.1, -0.05) is 26.7 Å². The minimum Gasteiger partial charge on any atom is -0.351 e. The van der Waals surface area contributed by atoms with E-state index < -0.39 is 0 Å². The summed E-state index contributed by atoms with van der Waals surface area (Å²) < 4.78 is 0. The van der Waals surface area contributed by atoms with Crippen LogP contribution in [-0.4, -0.2) is 53.6 Å². The van der Waals surface area contributed by atoms with Gasteiger partial charge in [-0.3, -0.25) is 0 Å². The Hall–Kier alpha value is -1.46. The van der Waals surface area contributed by atoms with Gasteiger partial charge in [-0.2, -0.15) is 0 Å². The first-order valence-electron chi connectivity index (χ1n) is 9.32. The first-order chi connectivity index (χ1) is 11.2. The van der Waals surface area contributed by atoms with E-state index in [1.165, 1.54) is 0 Å². The highest BCUT2D eigenvalue weighted by atomic mass is 16.2. The van der Waals surface area contributed by atoms with Crippen LogP contribution in [0.3, 0.4) is 0 Å². The van der Waals surface area contributed by atoms with Crippen LogP contribution in [0.25, 0.3) is 0 Å². The van der Waals surface area contributed by atoms with Gasteiger partial charge in [0.05, 0.1) is 0 Å². The Labute approximate surface area is 148 Å². The van der Waals surface area contributed by atoms with Gasteiger partial charge in [0.25, 0.3) is 0 Å². The second kappa shape index (κ2) is 12.0. The van der Waals surface area contributed by atoms with E-state index in [0.717, 1.165) is 32.2 Å². The van der Waals surface area contributed by atoms with E-state index >= 15 is 0 Å². The van der Waals surface area contributed by atoms with Crippen LogP contribution in [0.5, 0.6) is 0 Å². The molecule has 0 saturated carbocycles. The summed E-state index contributed by atoms with van der Waals surface area (Å²) in [6.45, 7) is 14.4. The summed E-state index contributed by atoms with van der Waals surface area (Å²) in [7, 11) is 0. The van der Waals surface area contributed by atoms with Crippen LogP contribution >= 0.6 is 0 Å². The molecule has 0 aromatic rings. The van der Waals surface area contributed by atoms with Gasteiger partial charge in [-0.15, -0.1) is 0 Å². The van der Waals surface area contributed by atoms with Crippen LogP contribution in [0.4, 0.5) is 9.59 Å². The smallest absolute Gasteiger partial charge is 0.317 e. The molecule has 0 spiro atoms. The van der Waals surface area contributed by atoms with Crippen LogP contribution in [0.1, 0.15) is 67.2 Å². The molecule has 0 aliphatic carbocycles. The zero-order valence-corrected chi connectivity index (χ0v) is 16.5. The lowest BCUT2D eigenvalue weighted by Crippen LogP contribution is -2.47. The lowest BCUT2D eigenvalue weighted by atomic mass is 10.0. The summed E-state index contributed by atoms with van der Waals surface area (Å²) in [5.74, 6) is 0.433. The highest BCUT2D eigenvalue weighted by molar-refractivity contribution is 5.74. The number of carbonyl (C=O) groups is 2. The molecule has 0 aromatic heterocycles. The quantitative estimate of drug-likeness (QED) is 0.564. The van der Waals surface area contributed by atoms with E-state index in [4.69, 9.17) is 5.73 Å². The molecule has 24 heavy (non-hydrogen) atoms. The van der Waals surface area contributed by atoms with Crippen molar-refractivity contribution in [1.29, 1.82) is 0 Å². The SMILES string of the molecule is CCNC(=O)N(CCCCCCN(C(N)=O)C(C)C)[C@@H](C)C(C)C. The summed E-state index contributed by atoms with van der Waals surface area (Å²) >= 11 is 0. The summed E-state index contributed by atoms with van der Waals surface area (Å²) in [5.41, 5.74) is 5.38. The summed E-state index contributed by atoms with van der Waals surface area (Å²) in [4.78, 5) is 27.2. The van der Waals surface area contributed by atoms with Crippen LogP contribution < -0.4 is 11.1 Å². The van der Waals surface area contributed by atoms with Gasteiger partial charge in [-0.25, -0.2) is 9.59 Å². The number of hydrogen-bond acceptors (Lipinski definition) is 2. The van der Waals surface area contributed by atoms with E-state index in [9.17, 15) is 9.59 Å². The van der Waals surface area contributed by atoms with Gasteiger partial charge >= 0.3 is 12.1 Å². The van der Waals surface area contributed by atoms with Crippen LogP contribution in [-0.2, 0) is 0 Å². The summed E-state index contributed by atoms with van der Waals surface area (Å²) in [5, 5.41) is 2.90. The van der Waals surface area contributed by atoms with E-state index in [-0.39, 0.29) is 24.1 Å². The molecule has 4 amide bonds. The van der Waals surface area contributed by atoms with Crippen LogP contribution in [0.15, 0.2) is 0 Å². The van der Waals surface area contributed by atoms with Gasteiger partial charge in [0.1, 0.15) is 0 Å². The molecule has 0 saturated heterocycles. The zero-order valence-electron chi connectivity index (χ0n) is 16.5. The van der Waals surface area contributed by atoms with Crippen molar-refractivity contribution in [2.75, 3.05) is 19.6 Å². The molecule has 3 N–H and O–H groups in total. The Balaban J connectivity index is 4.20. The molecular weight excluding hydrogens is 304 g/mol. The zero-order chi connectivity index (χ0) is 18.7. The lowest BCUT2D eigenvalue weighted by molar-refractivity contribution is 0.160.